The number of halogens is 1. The Balaban J connectivity index is 2.03. The van der Waals surface area contributed by atoms with Crippen LogP contribution in [0.4, 0.5) is 0 Å². The van der Waals surface area contributed by atoms with Crippen molar-refractivity contribution in [2.75, 3.05) is 13.7 Å². The van der Waals surface area contributed by atoms with Crippen molar-refractivity contribution in [3.8, 4) is 5.75 Å². The van der Waals surface area contributed by atoms with Crippen LogP contribution in [0.25, 0.3) is 0 Å². The molecule has 1 fully saturated rings. The van der Waals surface area contributed by atoms with Gasteiger partial charge in [-0.05, 0) is 65.7 Å². The predicted molar refractivity (Wildman–Crippen MR) is 85.1 cm³/mol. The molecule has 0 aromatic heterocycles. The van der Waals surface area contributed by atoms with E-state index in [0.29, 0.717) is 0 Å². The van der Waals surface area contributed by atoms with E-state index >= 15 is 0 Å². The Morgan fingerprint density at radius 1 is 1.40 bits per heavy atom. The lowest BCUT2D eigenvalue weighted by Gasteiger charge is -2.42. The number of ether oxygens (including phenoxy) is 2. The van der Waals surface area contributed by atoms with Crippen molar-refractivity contribution in [2.45, 2.75) is 50.7 Å². The number of nitrogens with two attached hydrogens (primary N) is 1. The molecule has 1 aromatic rings. The van der Waals surface area contributed by atoms with Gasteiger partial charge in [0.05, 0.1) is 16.7 Å². The number of benzene rings is 1. The molecule has 1 unspecified atom stereocenters. The van der Waals surface area contributed by atoms with Crippen LogP contribution < -0.4 is 10.5 Å². The van der Waals surface area contributed by atoms with Crippen LogP contribution in [-0.4, -0.2) is 19.3 Å². The van der Waals surface area contributed by atoms with Crippen molar-refractivity contribution in [2.24, 2.45) is 5.73 Å². The minimum absolute atomic E-state index is 0.00325. The van der Waals surface area contributed by atoms with Crippen molar-refractivity contribution in [3.05, 3.63) is 28.2 Å². The Bertz CT molecular complexity index is 441. The van der Waals surface area contributed by atoms with Crippen LogP contribution in [0.15, 0.2) is 22.7 Å². The highest BCUT2D eigenvalue weighted by atomic mass is 79.9. The van der Waals surface area contributed by atoms with E-state index in [4.69, 9.17) is 15.2 Å². The zero-order valence-electron chi connectivity index (χ0n) is 12.3. The van der Waals surface area contributed by atoms with Gasteiger partial charge < -0.3 is 15.2 Å². The molecule has 0 radical (unpaired) electrons. The minimum atomic E-state index is 0.00325. The maximum atomic E-state index is 6.34. The molecule has 1 aliphatic carbocycles. The fourth-order valence-electron chi connectivity index (χ4n) is 2.66. The van der Waals surface area contributed by atoms with Gasteiger partial charge in [0.2, 0.25) is 0 Å². The van der Waals surface area contributed by atoms with Gasteiger partial charge in [0.25, 0.3) is 0 Å². The molecule has 4 heteroatoms. The zero-order chi connectivity index (χ0) is 14.6. The molecule has 0 bridgehead atoms. The van der Waals surface area contributed by atoms with E-state index in [1.165, 1.54) is 6.42 Å². The lowest BCUT2D eigenvalue weighted by Crippen LogP contribution is -2.41. The van der Waals surface area contributed by atoms with Gasteiger partial charge in [0, 0.05) is 13.2 Å². The molecule has 1 aromatic carbocycles. The molecule has 2 N–H and O–H groups in total. The second-order valence-electron chi connectivity index (χ2n) is 5.59. The van der Waals surface area contributed by atoms with Gasteiger partial charge in [-0.1, -0.05) is 13.0 Å². The van der Waals surface area contributed by atoms with Crippen LogP contribution in [0, 0.1) is 0 Å². The normalized spacial score (nSPS) is 18.4. The summed E-state index contributed by atoms with van der Waals surface area (Å²) in [6, 6.07) is 6.13. The summed E-state index contributed by atoms with van der Waals surface area (Å²) < 4.78 is 12.3. The quantitative estimate of drug-likeness (QED) is 0.808. The number of rotatable bonds is 7. The Labute approximate surface area is 130 Å². The third-order valence-electron chi connectivity index (χ3n) is 4.14. The highest BCUT2D eigenvalue weighted by Crippen LogP contribution is 2.41. The van der Waals surface area contributed by atoms with Crippen molar-refractivity contribution in [3.63, 3.8) is 0 Å². The lowest BCUT2D eigenvalue weighted by molar-refractivity contribution is -0.0817. The van der Waals surface area contributed by atoms with E-state index in [0.717, 1.165) is 48.1 Å². The van der Waals surface area contributed by atoms with Crippen molar-refractivity contribution in [1.29, 1.82) is 0 Å². The first-order valence-electron chi connectivity index (χ1n) is 7.33. The number of hydrogen-bond donors (Lipinski definition) is 1. The Kier molecular flexibility index (Phi) is 5.47. The molecule has 2 rings (SSSR count). The molecule has 1 aliphatic rings. The van der Waals surface area contributed by atoms with Gasteiger partial charge in [-0.2, -0.15) is 0 Å². The van der Waals surface area contributed by atoms with Crippen LogP contribution in [0.3, 0.4) is 0 Å². The van der Waals surface area contributed by atoms with Gasteiger partial charge in [0.1, 0.15) is 5.75 Å². The maximum absolute atomic E-state index is 6.34. The first-order chi connectivity index (χ1) is 9.60. The molecule has 0 aliphatic heterocycles. The molecule has 0 heterocycles. The third-order valence-corrected chi connectivity index (χ3v) is 4.76. The molecular weight excluding hydrogens is 318 g/mol. The van der Waals surface area contributed by atoms with Gasteiger partial charge in [-0.15, -0.1) is 0 Å². The van der Waals surface area contributed by atoms with Crippen LogP contribution >= 0.6 is 15.9 Å². The van der Waals surface area contributed by atoms with E-state index in [1.54, 1.807) is 7.11 Å². The molecule has 0 amide bonds. The minimum Gasteiger partial charge on any atom is -0.492 e. The summed E-state index contributed by atoms with van der Waals surface area (Å²) in [6.07, 6.45) is 5.37. The highest BCUT2D eigenvalue weighted by molar-refractivity contribution is 9.10. The van der Waals surface area contributed by atoms with E-state index in [1.807, 2.05) is 6.07 Å². The molecule has 112 valence electrons. The molecule has 20 heavy (non-hydrogen) atoms. The second-order valence-corrected chi connectivity index (χ2v) is 6.44. The number of hydrogen-bond acceptors (Lipinski definition) is 3. The fraction of sp³-hybridized carbons (Fsp3) is 0.625. The maximum Gasteiger partial charge on any atom is 0.133 e. The van der Waals surface area contributed by atoms with Gasteiger partial charge in [0.15, 0.2) is 0 Å². The molecule has 0 saturated heterocycles. The van der Waals surface area contributed by atoms with E-state index < -0.39 is 0 Å². The van der Waals surface area contributed by atoms with Crippen LogP contribution in [-0.2, 0) is 4.74 Å². The summed E-state index contributed by atoms with van der Waals surface area (Å²) in [5.41, 5.74) is 7.48. The van der Waals surface area contributed by atoms with Gasteiger partial charge in [-0.3, -0.25) is 0 Å². The highest BCUT2D eigenvalue weighted by Gasteiger charge is 2.38. The zero-order valence-corrected chi connectivity index (χ0v) is 13.9. The van der Waals surface area contributed by atoms with Crippen molar-refractivity contribution >= 4 is 15.9 Å². The largest absolute Gasteiger partial charge is 0.492 e. The summed E-state index contributed by atoms with van der Waals surface area (Å²) >= 11 is 3.56. The molecular formula is C16H24BrNO2. The van der Waals surface area contributed by atoms with E-state index in [-0.39, 0.29) is 11.6 Å². The van der Waals surface area contributed by atoms with Gasteiger partial charge >= 0.3 is 0 Å². The first-order valence-corrected chi connectivity index (χ1v) is 8.12. The monoisotopic (exact) mass is 341 g/mol. The Morgan fingerprint density at radius 2 is 2.15 bits per heavy atom. The molecule has 0 spiro atoms. The summed E-state index contributed by atoms with van der Waals surface area (Å²) in [5.74, 6) is 0.882. The smallest absolute Gasteiger partial charge is 0.133 e. The summed E-state index contributed by atoms with van der Waals surface area (Å²) in [4.78, 5) is 0. The summed E-state index contributed by atoms with van der Waals surface area (Å²) in [6.45, 7) is 2.83. The predicted octanol–water partition coefficient (Wildman–Crippen LogP) is 4.20. The van der Waals surface area contributed by atoms with Crippen LogP contribution in [0.2, 0.25) is 0 Å². The van der Waals surface area contributed by atoms with E-state index in [2.05, 4.69) is 35.0 Å². The standard InChI is InChI=1S/C16H24BrNO2/c1-3-9-20-15-6-5-12(10-13(15)17)14(18)11-16(19-2)7-4-8-16/h5-6,10,14H,3-4,7-9,11,18H2,1-2H3. The number of methoxy groups -OCH3 is 1. The van der Waals surface area contributed by atoms with Crippen LogP contribution in [0.1, 0.15) is 50.6 Å². The average Bonchev–Trinajstić information content (AvgIpc) is 2.41. The Hall–Kier alpha value is -0.580. The fourth-order valence-corrected chi connectivity index (χ4v) is 3.17. The SMILES string of the molecule is CCCOc1ccc(C(N)CC2(OC)CCC2)cc1Br. The first kappa shape index (κ1) is 15.8. The topological polar surface area (TPSA) is 44.5 Å². The third kappa shape index (κ3) is 3.54. The Morgan fingerprint density at radius 3 is 2.65 bits per heavy atom. The summed E-state index contributed by atoms with van der Waals surface area (Å²) in [7, 11) is 1.80. The van der Waals surface area contributed by atoms with Crippen LogP contribution in [0.5, 0.6) is 5.75 Å². The average molecular weight is 342 g/mol. The summed E-state index contributed by atoms with van der Waals surface area (Å²) in [5, 5.41) is 0. The van der Waals surface area contributed by atoms with Crippen molar-refractivity contribution in [1.82, 2.24) is 0 Å². The lowest BCUT2D eigenvalue weighted by atomic mass is 9.75. The second kappa shape index (κ2) is 6.92. The molecule has 1 atom stereocenters. The van der Waals surface area contributed by atoms with Gasteiger partial charge in [-0.25, -0.2) is 0 Å². The van der Waals surface area contributed by atoms with E-state index in [9.17, 15) is 0 Å². The molecule has 3 nitrogen and oxygen atoms in total. The molecule has 1 saturated carbocycles. The van der Waals surface area contributed by atoms with Crippen molar-refractivity contribution < 1.29 is 9.47 Å².